The smallest absolute Gasteiger partial charge is 0.108 e. The molecule has 0 aliphatic carbocycles. The van der Waals surface area contributed by atoms with Crippen LogP contribution in [0.2, 0.25) is 0 Å². The fourth-order valence-electron chi connectivity index (χ4n) is 2.40. The van der Waals surface area contributed by atoms with Gasteiger partial charge in [0.15, 0.2) is 0 Å². The van der Waals surface area contributed by atoms with Crippen LogP contribution < -0.4 is 0 Å². The fraction of sp³-hybridized carbons (Fsp3) is 1.00. The Bertz CT molecular complexity index is 214. The molecule has 5 heteroatoms. The third kappa shape index (κ3) is 1.57. The van der Waals surface area contributed by atoms with Crippen molar-refractivity contribution in [1.29, 1.82) is 0 Å². The molecule has 0 N–H and O–H groups in total. The zero-order valence-electron chi connectivity index (χ0n) is 7.57. The Hall–Kier alpha value is 1.75. The lowest BCUT2D eigenvalue weighted by Gasteiger charge is -2.61. The van der Waals surface area contributed by atoms with Crippen molar-refractivity contribution >= 4 is 59.7 Å². The molecule has 0 nitrogen and oxygen atoms in total. The molecule has 4 atom stereocenters. The van der Waals surface area contributed by atoms with Gasteiger partial charge in [-0.25, -0.2) is 0 Å². The number of hydrogen-bond acceptors (Lipinski definition) is 5. The minimum atomic E-state index is 0.211. The van der Waals surface area contributed by atoms with E-state index in [9.17, 15) is 0 Å². The number of thioether (sulfide) groups is 4. The van der Waals surface area contributed by atoms with Crippen LogP contribution in [-0.4, -0.2) is 16.2 Å². The van der Waals surface area contributed by atoms with Crippen LogP contribution in [0.15, 0.2) is 0 Å². The average Bonchev–Trinajstić information content (AvgIpc) is 1.71. The Balaban J connectivity index is 2.03. The summed E-state index contributed by atoms with van der Waals surface area (Å²) in [6.07, 6.45) is 2.58. The first-order chi connectivity index (χ1) is 5.91. The van der Waals surface area contributed by atoms with E-state index in [1.807, 2.05) is 0 Å². The SMILES string of the molecule is CC12CC3(S)SC(CC(C)(S1)S3)S2. The highest BCUT2D eigenvalue weighted by atomic mass is 32.3. The molecule has 0 aromatic carbocycles. The minimum absolute atomic E-state index is 0.211. The van der Waals surface area contributed by atoms with Crippen LogP contribution in [0.25, 0.3) is 0 Å². The summed E-state index contributed by atoms with van der Waals surface area (Å²) >= 11 is 13.4. The molecule has 4 saturated heterocycles. The van der Waals surface area contributed by atoms with Crippen molar-refractivity contribution in [1.82, 2.24) is 0 Å². The van der Waals surface area contributed by atoms with Crippen molar-refractivity contribution in [2.45, 2.75) is 42.8 Å². The molecule has 4 unspecified atom stereocenters. The molecule has 13 heavy (non-hydrogen) atoms. The lowest BCUT2D eigenvalue weighted by molar-refractivity contribution is 0.694. The van der Waals surface area contributed by atoms with Gasteiger partial charge >= 0.3 is 0 Å². The van der Waals surface area contributed by atoms with Gasteiger partial charge < -0.3 is 0 Å². The van der Waals surface area contributed by atoms with E-state index < -0.39 is 0 Å². The van der Waals surface area contributed by atoms with Gasteiger partial charge in [-0.3, -0.25) is 0 Å². The molecule has 0 aromatic rings. The van der Waals surface area contributed by atoms with E-state index in [2.05, 4.69) is 60.9 Å². The second-order valence-corrected chi connectivity index (χ2v) is 13.7. The normalized spacial score (nSPS) is 64.4. The summed E-state index contributed by atoms with van der Waals surface area (Å²) in [4.78, 5) is 0. The summed E-state index contributed by atoms with van der Waals surface area (Å²) in [5.74, 6) is 0. The highest BCUT2D eigenvalue weighted by molar-refractivity contribution is 8.42. The van der Waals surface area contributed by atoms with Gasteiger partial charge in [0.25, 0.3) is 0 Å². The molecule has 0 radical (unpaired) electrons. The molecule has 4 aliphatic rings. The van der Waals surface area contributed by atoms with Gasteiger partial charge in [-0.05, 0) is 20.3 Å². The quantitative estimate of drug-likeness (QED) is 0.657. The van der Waals surface area contributed by atoms with Crippen molar-refractivity contribution in [3.05, 3.63) is 0 Å². The van der Waals surface area contributed by atoms with Crippen LogP contribution in [-0.2, 0) is 0 Å². The van der Waals surface area contributed by atoms with Gasteiger partial charge in [0, 0.05) is 6.42 Å². The lowest BCUT2D eigenvalue weighted by Crippen LogP contribution is -2.51. The second-order valence-electron chi connectivity index (χ2n) is 4.23. The summed E-state index contributed by atoms with van der Waals surface area (Å²) in [6.45, 7) is 4.80. The fourth-order valence-corrected chi connectivity index (χ4v) is 15.6. The van der Waals surface area contributed by atoms with Crippen LogP contribution in [0.4, 0.5) is 0 Å². The van der Waals surface area contributed by atoms with Crippen LogP contribution in [0, 0.1) is 0 Å². The molecule has 4 aliphatic heterocycles. The zero-order chi connectivity index (χ0) is 9.32. The van der Waals surface area contributed by atoms with Gasteiger partial charge in [0.05, 0.1) is 12.7 Å². The van der Waals surface area contributed by atoms with E-state index in [4.69, 9.17) is 12.6 Å². The molecule has 4 fully saturated rings. The molecular formula is C8H12S5. The first-order valence-corrected chi connectivity index (χ1v) is 8.23. The van der Waals surface area contributed by atoms with Crippen molar-refractivity contribution in [2.24, 2.45) is 0 Å². The minimum Gasteiger partial charge on any atom is -0.151 e. The monoisotopic (exact) mass is 268 g/mol. The molecule has 4 rings (SSSR count). The molecule has 0 spiro atoms. The largest absolute Gasteiger partial charge is 0.151 e. The van der Waals surface area contributed by atoms with Gasteiger partial charge in [-0.2, -0.15) is 12.6 Å². The van der Waals surface area contributed by atoms with E-state index in [0.29, 0.717) is 8.16 Å². The molecule has 4 bridgehead atoms. The Morgan fingerprint density at radius 3 is 2.46 bits per heavy atom. The average molecular weight is 269 g/mol. The molecule has 74 valence electrons. The molecule has 0 amide bonds. The summed E-state index contributed by atoms with van der Waals surface area (Å²) in [7, 11) is 0. The van der Waals surface area contributed by atoms with Crippen LogP contribution in [0.5, 0.6) is 0 Å². The molecule has 0 aromatic heterocycles. The van der Waals surface area contributed by atoms with Crippen molar-refractivity contribution < 1.29 is 0 Å². The summed E-state index contributed by atoms with van der Waals surface area (Å²) < 4.78 is 1.89. The summed E-state index contributed by atoms with van der Waals surface area (Å²) in [6, 6.07) is 0. The predicted molar refractivity (Wildman–Crippen MR) is 71.9 cm³/mol. The maximum Gasteiger partial charge on any atom is 0.108 e. The Morgan fingerprint density at radius 1 is 1.15 bits per heavy atom. The highest BCUT2D eigenvalue weighted by Crippen LogP contribution is 2.78. The molecular weight excluding hydrogens is 256 g/mol. The standard InChI is InChI=1S/C8H12S5/c1-6-3-5-10-7(2,12-6)4-8(9,11-5)13-6/h5,9H,3-4H2,1-2H3. The van der Waals surface area contributed by atoms with Crippen molar-refractivity contribution in [2.75, 3.05) is 0 Å². The van der Waals surface area contributed by atoms with Gasteiger partial charge in [0.2, 0.25) is 0 Å². The maximum absolute atomic E-state index is 4.86. The van der Waals surface area contributed by atoms with E-state index in [0.717, 1.165) is 4.58 Å². The Kier molecular flexibility index (Phi) is 2.07. The van der Waals surface area contributed by atoms with E-state index in [1.54, 1.807) is 0 Å². The molecule has 4 heterocycles. The van der Waals surface area contributed by atoms with Crippen LogP contribution in [0.1, 0.15) is 26.7 Å². The maximum atomic E-state index is 4.86. The third-order valence-corrected chi connectivity index (χ3v) is 9.74. The zero-order valence-corrected chi connectivity index (χ0v) is 11.7. The van der Waals surface area contributed by atoms with E-state index in [1.165, 1.54) is 12.8 Å². The summed E-state index contributed by atoms with van der Waals surface area (Å²) in [5, 5.41) is 0. The topological polar surface area (TPSA) is 0 Å². The predicted octanol–water partition coefficient (Wildman–Crippen LogP) is 4.08. The molecule has 0 saturated carbocycles. The number of rotatable bonds is 0. The van der Waals surface area contributed by atoms with Crippen molar-refractivity contribution in [3.63, 3.8) is 0 Å². The second kappa shape index (κ2) is 2.70. The van der Waals surface area contributed by atoms with Crippen molar-refractivity contribution in [3.8, 4) is 0 Å². The lowest BCUT2D eigenvalue weighted by atomic mass is 10.3. The Morgan fingerprint density at radius 2 is 1.92 bits per heavy atom. The van der Waals surface area contributed by atoms with Gasteiger partial charge in [-0.15, -0.1) is 47.0 Å². The number of thiol groups is 1. The first kappa shape index (κ1) is 9.94. The Labute approximate surface area is 102 Å². The number of hydrogen-bond donors (Lipinski definition) is 1. The van der Waals surface area contributed by atoms with Crippen LogP contribution in [0.3, 0.4) is 0 Å². The summed E-state index contributed by atoms with van der Waals surface area (Å²) in [5.41, 5.74) is 0. The first-order valence-electron chi connectivity index (χ1n) is 4.39. The van der Waals surface area contributed by atoms with Gasteiger partial charge in [-0.1, -0.05) is 0 Å². The van der Waals surface area contributed by atoms with Crippen LogP contribution >= 0.6 is 59.7 Å². The third-order valence-electron chi connectivity index (χ3n) is 2.59. The van der Waals surface area contributed by atoms with E-state index >= 15 is 0 Å². The van der Waals surface area contributed by atoms with E-state index in [-0.39, 0.29) is 3.41 Å². The van der Waals surface area contributed by atoms with Gasteiger partial charge in [0.1, 0.15) is 3.41 Å². The highest BCUT2D eigenvalue weighted by Gasteiger charge is 2.61.